The van der Waals surface area contributed by atoms with E-state index in [0.717, 1.165) is 0 Å². The lowest BCUT2D eigenvalue weighted by atomic mass is 9.43. The van der Waals surface area contributed by atoms with Gasteiger partial charge in [0.15, 0.2) is 0 Å². The lowest BCUT2D eigenvalue weighted by molar-refractivity contribution is 0.298. The maximum atomic E-state index is 2.50. The fraction of sp³-hybridized carbons (Fsp3) is 0.400. The van der Waals surface area contributed by atoms with Crippen LogP contribution in [0.4, 0.5) is 0 Å². The highest BCUT2D eigenvalue weighted by Crippen LogP contribution is 2.71. The van der Waals surface area contributed by atoms with Gasteiger partial charge in [-0.15, -0.1) is 0 Å². The van der Waals surface area contributed by atoms with E-state index in [9.17, 15) is 0 Å². The predicted molar refractivity (Wildman–Crippen MR) is 130 cm³/mol. The summed E-state index contributed by atoms with van der Waals surface area (Å²) in [5.74, 6) is 0. The monoisotopic (exact) mass is 394 g/mol. The Hall–Kier alpha value is -2.34. The van der Waals surface area contributed by atoms with Crippen LogP contribution in [0.15, 0.2) is 83.0 Å². The van der Waals surface area contributed by atoms with Crippen molar-refractivity contribution >= 4 is 11.1 Å². The molecule has 0 nitrogen and oxygen atoms in total. The van der Waals surface area contributed by atoms with Gasteiger partial charge in [0.05, 0.1) is 0 Å². The average molecular weight is 395 g/mol. The van der Waals surface area contributed by atoms with E-state index < -0.39 is 0 Å². The molecule has 0 aromatic heterocycles. The molecule has 2 atom stereocenters. The summed E-state index contributed by atoms with van der Waals surface area (Å²) in [5, 5.41) is 0. The van der Waals surface area contributed by atoms with E-state index in [1.165, 1.54) is 44.6 Å². The Balaban J connectivity index is 1.92. The predicted octanol–water partition coefficient (Wildman–Crippen LogP) is 8.32. The Morgan fingerprint density at radius 3 is 1.27 bits per heavy atom. The molecule has 0 N–H and O–H groups in total. The van der Waals surface area contributed by atoms with Crippen LogP contribution in [0.2, 0.25) is 0 Å². The lowest BCUT2D eigenvalue weighted by Gasteiger charge is -2.59. The van der Waals surface area contributed by atoms with Gasteiger partial charge in [0.1, 0.15) is 0 Å². The van der Waals surface area contributed by atoms with Crippen molar-refractivity contribution in [2.45, 2.75) is 55.4 Å². The van der Waals surface area contributed by atoms with E-state index >= 15 is 0 Å². The van der Waals surface area contributed by atoms with Gasteiger partial charge in [-0.2, -0.15) is 0 Å². The highest BCUT2D eigenvalue weighted by Gasteiger charge is 2.59. The van der Waals surface area contributed by atoms with Crippen LogP contribution in [-0.4, -0.2) is 0 Å². The first-order valence-corrected chi connectivity index (χ1v) is 11.3. The molecule has 4 aliphatic rings. The summed E-state index contributed by atoms with van der Waals surface area (Å²) in [7, 11) is 0. The van der Waals surface area contributed by atoms with Crippen LogP contribution in [0.3, 0.4) is 0 Å². The summed E-state index contributed by atoms with van der Waals surface area (Å²) in [6.07, 6.45) is 14.7. The topological polar surface area (TPSA) is 0 Å². The number of hydrogen-bond donors (Lipinski definition) is 0. The molecule has 0 fully saturated rings. The molecule has 0 amide bonds. The highest BCUT2D eigenvalue weighted by atomic mass is 14.6. The molecule has 0 heterocycles. The van der Waals surface area contributed by atoms with Crippen molar-refractivity contribution in [2.75, 3.05) is 0 Å². The normalized spacial score (nSPS) is 29.5. The Labute approximate surface area is 182 Å². The molecule has 0 bridgehead atoms. The third-order valence-electron chi connectivity index (χ3n) is 8.14. The van der Waals surface area contributed by atoms with Crippen molar-refractivity contribution in [1.29, 1.82) is 0 Å². The van der Waals surface area contributed by atoms with Crippen LogP contribution >= 0.6 is 0 Å². The third-order valence-corrected chi connectivity index (χ3v) is 8.14. The summed E-state index contributed by atoms with van der Waals surface area (Å²) >= 11 is 0. The van der Waals surface area contributed by atoms with Gasteiger partial charge in [-0.05, 0) is 55.4 Å². The minimum Gasteiger partial charge on any atom is -0.0616 e. The first kappa shape index (κ1) is 19.6. The second kappa shape index (κ2) is 5.67. The molecule has 0 heteroatoms. The second-order valence-electron chi connectivity index (χ2n) is 11.9. The van der Waals surface area contributed by atoms with Crippen LogP contribution in [0.1, 0.15) is 66.5 Å². The molecule has 0 saturated heterocycles. The van der Waals surface area contributed by atoms with E-state index in [1.54, 1.807) is 0 Å². The summed E-state index contributed by atoms with van der Waals surface area (Å²) in [6, 6.07) is 9.08. The maximum Gasteiger partial charge on any atom is 0.0315 e. The van der Waals surface area contributed by atoms with Crippen molar-refractivity contribution in [2.24, 2.45) is 21.7 Å². The summed E-state index contributed by atoms with van der Waals surface area (Å²) < 4.78 is 0. The smallest absolute Gasteiger partial charge is 0.0315 e. The zero-order valence-corrected chi connectivity index (χ0v) is 19.8. The zero-order valence-electron chi connectivity index (χ0n) is 19.8. The van der Waals surface area contributed by atoms with Crippen LogP contribution < -0.4 is 0 Å². The Morgan fingerprint density at radius 2 is 0.933 bits per heavy atom. The van der Waals surface area contributed by atoms with Gasteiger partial charge in [-0.3, -0.25) is 0 Å². The van der Waals surface area contributed by atoms with E-state index in [4.69, 9.17) is 0 Å². The minimum absolute atomic E-state index is 0.0636. The quantitative estimate of drug-likeness (QED) is 0.415. The summed E-state index contributed by atoms with van der Waals surface area (Å²) in [6.45, 7) is 18.9. The van der Waals surface area contributed by atoms with Crippen LogP contribution in [0.5, 0.6) is 0 Å². The second-order valence-corrected chi connectivity index (χ2v) is 11.9. The number of allylic oxidation sites excluding steroid dienone is 12. The maximum absolute atomic E-state index is 2.50. The van der Waals surface area contributed by atoms with Gasteiger partial charge < -0.3 is 0 Å². The molecule has 1 aromatic carbocycles. The fourth-order valence-corrected chi connectivity index (χ4v) is 5.86. The molecule has 0 saturated carbocycles. The first-order valence-electron chi connectivity index (χ1n) is 11.3. The molecule has 1 aromatic rings. The number of rotatable bonds is 0. The van der Waals surface area contributed by atoms with E-state index in [-0.39, 0.29) is 21.7 Å². The fourth-order valence-electron chi connectivity index (χ4n) is 5.86. The van der Waals surface area contributed by atoms with Crippen molar-refractivity contribution in [3.8, 4) is 0 Å². The molecule has 0 aliphatic heterocycles. The van der Waals surface area contributed by atoms with Crippen molar-refractivity contribution < 1.29 is 0 Å². The van der Waals surface area contributed by atoms with Gasteiger partial charge >= 0.3 is 0 Å². The van der Waals surface area contributed by atoms with Gasteiger partial charge in [0.2, 0.25) is 0 Å². The highest BCUT2D eigenvalue weighted by molar-refractivity contribution is 5.98. The number of benzene rings is 1. The largest absolute Gasteiger partial charge is 0.0616 e. The molecule has 0 spiro atoms. The summed E-state index contributed by atoms with van der Waals surface area (Å²) in [4.78, 5) is 0. The van der Waals surface area contributed by atoms with Crippen molar-refractivity contribution in [3.05, 3.63) is 94.1 Å². The molecule has 154 valence electrons. The van der Waals surface area contributed by atoms with Gasteiger partial charge in [0, 0.05) is 10.8 Å². The summed E-state index contributed by atoms with van der Waals surface area (Å²) in [5.41, 5.74) is 11.6. The minimum atomic E-state index is -0.0636. The molecule has 4 aliphatic carbocycles. The molecule has 0 unspecified atom stereocenters. The van der Waals surface area contributed by atoms with E-state index in [0.29, 0.717) is 0 Å². The van der Waals surface area contributed by atoms with Gasteiger partial charge in [0.25, 0.3) is 0 Å². The molecular weight excluding hydrogens is 360 g/mol. The SMILES string of the molecule is CC(C)(C)C1=CC2=CC=C3C=C(C(C)(C)C)C=C4c5ccccc5C(=C1)[C@@]2(C)[C@]34C. The van der Waals surface area contributed by atoms with Crippen molar-refractivity contribution in [1.82, 2.24) is 0 Å². The molecule has 30 heavy (non-hydrogen) atoms. The van der Waals surface area contributed by atoms with Crippen molar-refractivity contribution in [3.63, 3.8) is 0 Å². The molecular formula is C30H34. The number of fused-ring (bicyclic) bond motifs is 3. The average Bonchev–Trinajstić information content (AvgIpc) is 2.65. The van der Waals surface area contributed by atoms with Crippen LogP contribution in [-0.2, 0) is 0 Å². The molecule has 5 rings (SSSR count). The van der Waals surface area contributed by atoms with E-state index in [1.807, 2.05) is 0 Å². The van der Waals surface area contributed by atoms with Crippen LogP contribution in [0, 0.1) is 21.7 Å². The Kier molecular flexibility index (Phi) is 3.70. The van der Waals surface area contributed by atoms with Gasteiger partial charge in [-0.25, -0.2) is 0 Å². The Morgan fingerprint density at radius 1 is 0.567 bits per heavy atom. The number of hydrogen-bond acceptors (Lipinski definition) is 0. The zero-order chi connectivity index (χ0) is 21.7. The Bertz CT molecular complexity index is 1060. The van der Waals surface area contributed by atoms with E-state index in [2.05, 4.69) is 116 Å². The van der Waals surface area contributed by atoms with Gasteiger partial charge in [-0.1, -0.05) is 116 Å². The lowest BCUT2D eigenvalue weighted by Crippen LogP contribution is -2.48. The van der Waals surface area contributed by atoms with Crippen LogP contribution in [0.25, 0.3) is 11.1 Å². The molecule has 0 radical (unpaired) electrons. The first-order chi connectivity index (χ1) is 13.9. The third kappa shape index (κ3) is 2.28. The standard InChI is InChI=1S/C30H34/c1-27(2,3)21-15-19-13-14-20-16-22(28(4,5)6)18-26-24-12-10-9-11-23(24)25(17-21)29(19,7)30(20,26)8/h9-18H,1-8H3/t29-,30+.